The Kier molecular flexibility index (Phi) is 7.46. The second kappa shape index (κ2) is 10.2. The Labute approximate surface area is 177 Å². The molecular weight excluding hydrogens is 380 g/mol. The lowest BCUT2D eigenvalue weighted by Gasteiger charge is -2.17. The third-order valence-corrected chi connectivity index (χ3v) is 4.97. The molecule has 0 saturated heterocycles. The molecule has 7 nitrogen and oxygen atoms in total. The van der Waals surface area contributed by atoms with E-state index in [1.54, 1.807) is 11.8 Å². The number of anilines is 2. The van der Waals surface area contributed by atoms with E-state index < -0.39 is 0 Å². The zero-order valence-electron chi connectivity index (χ0n) is 17.8. The molecular formula is C23H30N4O3. The van der Waals surface area contributed by atoms with E-state index >= 15 is 0 Å². The van der Waals surface area contributed by atoms with E-state index in [0.717, 1.165) is 22.6 Å². The molecule has 4 N–H and O–H groups in total. The van der Waals surface area contributed by atoms with Crippen LogP contribution in [-0.4, -0.2) is 47.9 Å². The van der Waals surface area contributed by atoms with Gasteiger partial charge in [0.05, 0.1) is 24.9 Å². The predicted molar refractivity (Wildman–Crippen MR) is 119 cm³/mol. The lowest BCUT2D eigenvalue weighted by molar-refractivity contribution is 0.0349. The zero-order valence-corrected chi connectivity index (χ0v) is 17.8. The fraction of sp³-hybridized carbons (Fsp3) is 0.348. The quantitative estimate of drug-likeness (QED) is 0.475. The van der Waals surface area contributed by atoms with Gasteiger partial charge in [0.15, 0.2) is 5.82 Å². The molecule has 1 atom stereocenters. The predicted octanol–water partition coefficient (Wildman–Crippen LogP) is 3.26. The SMILES string of the molecule is COC(CO)Cn1ccc(Nc2cc(-c3ccccc3C)c(C)cc2OCCN)n1. The van der Waals surface area contributed by atoms with Crippen LogP contribution in [0.2, 0.25) is 0 Å². The molecule has 3 rings (SSSR count). The van der Waals surface area contributed by atoms with E-state index in [9.17, 15) is 5.11 Å². The van der Waals surface area contributed by atoms with Crippen LogP contribution in [0.5, 0.6) is 5.75 Å². The van der Waals surface area contributed by atoms with Crippen molar-refractivity contribution in [1.82, 2.24) is 9.78 Å². The first-order chi connectivity index (χ1) is 14.5. The van der Waals surface area contributed by atoms with Gasteiger partial charge >= 0.3 is 0 Å². The van der Waals surface area contributed by atoms with Crippen LogP contribution in [0.3, 0.4) is 0 Å². The van der Waals surface area contributed by atoms with Crippen molar-refractivity contribution in [3.63, 3.8) is 0 Å². The van der Waals surface area contributed by atoms with E-state index in [1.165, 1.54) is 11.1 Å². The van der Waals surface area contributed by atoms with Crippen LogP contribution >= 0.6 is 0 Å². The van der Waals surface area contributed by atoms with Crippen LogP contribution in [0.1, 0.15) is 11.1 Å². The molecule has 0 amide bonds. The molecule has 0 bridgehead atoms. The highest BCUT2D eigenvalue weighted by Gasteiger charge is 2.14. The van der Waals surface area contributed by atoms with Crippen molar-refractivity contribution >= 4 is 11.5 Å². The lowest BCUT2D eigenvalue weighted by Crippen LogP contribution is -2.22. The minimum absolute atomic E-state index is 0.0616. The number of hydrogen-bond acceptors (Lipinski definition) is 6. The van der Waals surface area contributed by atoms with Gasteiger partial charge in [-0.05, 0) is 48.2 Å². The van der Waals surface area contributed by atoms with Crippen molar-refractivity contribution in [2.45, 2.75) is 26.5 Å². The topological polar surface area (TPSA) is 94.6 Å². The molecule has 160 valence electrons. The van der Waals surface area contributed by atoms with Gasteiger partial charge in [0.2, 0.25) is 0 Å². The number of nitrogens with two attached hydrogens (primary N) is 1. The second-order valence-electron chi connectivity index (χ2n) is 7.20. The summed E-state index contributed by atoms with van der Waals surface area (Å²) in [5.74, 6) is 1.41. The van der Waals surface area contributed by atoms with E-state index in [2.05, 4.69) is 42.5 Å². The summed E-state index contributed by atoms with van der Waals surface area (Å²) >= 11 is 0. The van der Waals surface area contributed by atoms with Crippen molar-refractivity contribution in [3.8, 4) is 16.9 Å². The van der Waals surface area contributed by atoms with Crippen molar-refractivity contribution < 1.29 is 14.6 Å². The lowest BCUT2D eigenvalue weighted by atomic mass is 9.96. The summed E-state index contributed by atoms with van der Waals surface area (Å²) in [5, 5.41) is 17.2. The zero-order chi connectivity index (χ0) is 21.5. The van der Waals surface area contributed by atoms with Crippen LogP contribution in [-0.2, 0) is 11.3 Å². The number of nitrogens with zero attached hydrogens (tertiary/aromatic N) is 2. The third-order valence-electron chi connectivity index (χ3n) is 4.97. The Morgan fingerprint density at radius 3 is 2.63 bits per heavy atom. The van der Waals surface area contributed by atoms with E-state index in [1.807, 2.05) is 30.5 Å². The molecule has 30 heavy (non-hydrogen) atoms. The van der Waals surface area contributed by atoms with E-state index in [0.29, 0.717) is 25.5 Å². The number of aromatic nitrogens is 2. The molecule has 3 aromatic rings. The van der Waals surface area contributed by atoms with E-state index in [-0.39, 0.29) is 12.7 Å². The summed E-state index contributed by atoms with van der Waals surface area (Å²) in [6.45, 7) is 5.46. The molecule has 0 aliphatic rings. The van der Waals surface area contributed by atoms with Gasteiger partial charge in [0.1, 0.15) is 12.4 Å². The number of aliphatic hydroxyl groups excluding tert-OH is 1. The first-order valence-electron chi connectivity index (χ1n) is 10.0. The highest BCUT2D eigenvalue weighted by molar-refractivity contribution is 5.78. The summed E-state index contributed by atoms with van der Waals surface area (Å²) in [6, 6.07) is 14.3. The molecule has 0 aliphatic heterocycles. The normalized spacial score (nSPS) is 12.0. The van der Waals surface area contributed by atoms with Gasteiger partial charge in [0.25, 0.3) is 0 Å². The maximum Gasteiger partial charge on any atom is 0.152 e. The molecule has 0 radical (unpaired) electrons. The van der Waals surface area contributed by atoms with Gasteiger partial charge in [-0.15, -0.1) is 0 Å². The number of aliphatic hydroxyl groups is 1. The average Bonchev–Trinajstić information content (AvgIpc) is 3.19. The minimum atomic E-state index is -0.298. The van der Waals surface area contributed by atoms with Crippen molar-refractivity contribution in [2.75, 3.05) is 32.2 Å². The van der Waals surface area contributed by atoms with Crippen molar-refractivity contribution in [3.05, 3.63) is 59.8 Å². The molecule has 1 aromatic heterocycles. The van der Waals surface area contributed by atoms with Crippen LogP contribution in [0.4, 0.5) is 11.5 Å². The second-order valence-corrected chi connectivity index (χ2v) is 7.20. The van der Waals surface area contributed by atoms with Gasteiger partial charge in [-0.3, -0.25) is 4.68 Å². The standard InChI is InChI=1S/C23H30N4O3/c1-16-6-4-5-7-19(16)20-13-21(22(12-17(20)2)30-11-9-24)25-23-8-10-27(26-23)14-18(15-28)29-3/h4-8,10,12-13,18,28H,9,11,14-15,24H2,1-3H3,(H,25,26). The van der Waals surface area contributed by atoms with Crippen molar-refractivity contribution in [2.24, 2.45) is 5.73 Å². The maximum atomic E-state index is 9.33. The van der Waals surface area contributed by atoms with Crippen molar-refractivity contribution in [1.29, 1.82) is 0 Å². The monoisotopic (exact) mass is 410 g/mol. The van der Waals surface area contributed by atoms with Crippen LogP contribution < -0.4 is 15.8 Å². The maximum absolute atomic E-state index is 9.33. The number of hydrogen-bond donors (Lipinski definition) is 3. The Balaban J connectivity index is 1.93. The Bertz CT molecular complexity index is 967. The molecule has 7 heteroatoms. The average molecular weight is 411 g/mol. The molecule has 1 heterocycles. The highest BCUT2D eigenvalue weighted by atomic mass is 16.5. The van der Waals surface area contributed by atoms with Crippen LogP contribution in [0.15, 0.2) is 48.7 Å². The first kappa shape index (κ1) is 21.8. The smallest absolute Gasteiger partial charge is 0.152 e. The fourth-order valence-electron chi connectivity index (χ4n) is 3.32. The Hall–Kier alpha value is -2.87. The molecule has 1 unspecified atom stereocenters. The summed E-state index contributed by atoms with van der Waals surface area (Å²) in [4.78, 5) is 0. The summed E-state index contributed by atoms with van der Waals surface area (Å²) in [5.41, 5.74) is 11.1. The summed E-state index contributed by atoms with van der Waals surface area (Å²) in [7, 11) is 1.57. The largest absolute Gasteiger partial charge is 0.490 e. The number of methoxy groups -OCH3 is 1. The molecule has 2 aromatic carbocycles. The van der Waals surface area contributed by atoms with Gasteiger partial charge in [-0.25, -0.2) is 0 Å². The van der Waals surface area contributed by atoms with E-state index in [4.69, 9.17) is 15.2 Å². The summed E-state index contributed by atoms with van der Waals surface area (Å²) < 4.78 is 12.9. The molecule has 0 fully saturated rings. The fourth-order valence-corrected chi connectivity index (χ4v) is 3.32. The first-order valence-corrected chi connectivity index (χ1v) is 10.0. The van der Waals surface area contributed by atoms with Gasteiger partial charge < -0.3 is 25.6 Å². The number of aryl methyl sites for hydroxylation is 2. The molecule has 0 spiro atoms. The van der Waals surface area contributed by atoms with Gasteiger partial charge in [-0.1, -0.05) is 24.3 Å². The van der Waals surface area contributed by atoms with Gasteiger partial charge in [0, 0.05) is 25.9 Å². The number of ether oxygens (including phenoxy) is 2. The third kappa shape index (κ3) is 5.18. The van der Waals surface area contributed by atoms with Crippen LogP contribution in [0, 0.1) is 13.8 Å². The molecule has 0 aliphatic carbocycles. The molecule has 0 saturated carbocycles. The highest BCUT2D eigenvalue weighted by Crippen LogP contribution is 2.36. The minimum Gasteiger partial charge on any atom is -0.490 e. The Morgan fingerprint density at radius 1 is 1.13 bits per heavy atom. The Morgan fingerprint density at radius 2 is 1.93 bits per heavy atom. The number of benzene rings is 2. The van der Waals surface area contributed by atoms with Gasteiger partial charge in [-0.2, -0.15) is 5.10 Å². The summed E-state index contributed by atoms with van der Waals surface area (Å²) in [6.07, 6.45) is 1.55. The number of rotatable bonds is 10. The van der Waals surface area contributed by atoms with Crippen LogP contribution in [0.25, 0.3) is 11.1 Å². The number of nitrogens with one attached hydrogen (secondary N) is 1.